The highest BCUT2D eigenvalue weighted by Gasteiger charge is 2.17. The summed E-state index contributed by atoms with van der Waals surface area (Å²) in [7, 11) is 1.36. The first kappa shape index (κ1) is 25.0. The molecule has 1 aliphatic rings. The van der Waals surface area contributed by atoms with E-state index >= 15 is 0 Å². The van der Waals surface area contributed by atoms with Gasteiger partial charge in [-0.05, 0) is 82.5 Å². The van der Waals surface area contributed by atoms with Crippen LogP contribution in [0.2, 0.25) is 0 Å². The van der Waals surface area contributed by atoms with E-state index in [1.54, 1.807) is 10.6 Å². The average molecular weight is 509 g/mol. The quantitative estimate of drug-likeness (QED) is 0.356. The molecule has 7 heteroatoms. The number of ether oxygens (including phenoxy) is 1. The zero-order valence-corrected chi connectivity index (χ0v) is 21.3. The van der Waals surface area contributed by atoms with Crippen molar-refractivity contribution in [3.63, 3.8) is 0 Å². The number of aryl methyl sites for hydroxylation is 1. The van der Waals surface area contributed by atoms with Crippen molar-refractivity contribution in [2.45, 2.75) is 19.9 Å². The average Bonchev–Trinajstić information content (AvgIpc) is 2.94. The minimum absolute atomic E-state index is 0.0677. The number of fused-ring (bicyclic) bond motifs is 1. The van der Waals surface area contributed by atoms with Gasteiger partial charge >= 0.3 is 12.1 Å². The van der Waals surface area contributed by atoms with E-state index in [0.717, 1.165) is 38.8 Å². The fourth-order valence-electron chi connectivity index (χ4n) is 4.88. The second-order valence-corrected chi connectivity index (χ2v) is 9.48. The van der Waals surface area contributed by atoms with E-state index in [1.165, 1.54) is 12.0 Å². The molecule has 0 spiro atoms. The van der Waals surface area contributed by atoms with Gasteiger partial charge in [-0.3, -0.25) is 4.79 Å². The van der Waals surface area contributed by atoms with Gasteiger partial charge in [0.05, 0.1) is 19.2 Å². The molecule has 0 unspecified atom stereocenters. The summed E-state index contributed by atoms with van der Waals surface area (Å²) in [5.74, 6) is -0.386. The van der Waals surface area contributed by atoms with Crippen LogP contribution < -0.4 is 5.56 Å². The largest absolute Gasteiger partial charge is 0.465 e. The number of esters is 1. The smallest absolute Gasteiger partial charge is 0.407 e. The molecule has 1 aliphatic heterocycles. The Balaban J connectivity index is 1.37. The number of methoxy groups -OCH3 is 1. The van der Waals surface area contributed by atoms with Gasteiger partial charge in [-0.1, -0.05) is 42.5 Å². The molecular weight excluding hydrogens is 480 g/mol. The van der Waals surface area contributed by atoms with Crippen LogP contribution in [-0.2, 0) is 11.3 Å². The van der Waals surface area contributed by atoms with Crippen LogP contribution >= 0.6 is 0 Å². The van der Waals surface area contributed by atoms with Crippen molar-refractivity contribution in [2.24, 2.45) is 0 Å². The molecule has 2 heterocycles. The summed E-state index contributed by atoms with van der Waals surface area (Å²) in [6.45, 7) is 3.33. The minimum atomic E-state index is -0.893. The summed E-state index contributed by atoms with van der Waals surface area (Å²) in [6.07, 6.45) is 3.56. The van der Waals surface area contributed by atoms with Gasteiger partial charge in [0.1, 0.15) is 0 Å². The molecule has 4 aromatic rings. The summed E-state index contributed by atoms with van der Waals surface area (Å²) in [4.78, 5) is 37.8. The molecule has 0 radical (unpaired) electrons. The molecule has 0 bridgehead atoms. The van der Waals surface area contributed by atoms with Crippen molar-refractivity contribution >= 4 is 28.4 Å². The lowest BCUT2D eigenvalue weighted by atomic mass is 9.96. The van der Waals surface area contributed by atoms with Crippen molar-refractivity contribution in [3.8, 4) is 11.1 Å². The van der Waals surface area contributed by atoms with Gasteiger partial charge in [-0.25, -0.2) is 9.59 Å². The molecule has 0 aliphatic carbocycles. The third-order valence-corrected chi connectivity index (χ3v) is 7.10. The van der Waals surface area contributed by atoms with Crippen molar-refractivity contribution in [3.05, 3.63) is 112 Å². The van der Waals surface area contributed by atoms with Crippen LogP contribution in [0.15, 0.2) is 83.8 Å². The van der Waals surface area contributed by atoms with Crippen molar-refractivity contribution in [2.75, 3.05) is 20.2 Å². The number of hydrogen-bond donors (Lipinski definition) is 1. The second kappa shape index (κ2) is 10.4. The number of benzene rings is 3. The Kier molecular flexibility index (Phi) is 6.83. The van der Waals surface area contributed by atoms with Gasteiger partial charge in [0.25, 0.3) is 5.56 Å². The molecule has 1 amide bonds. The van der Waals surface area contributed by atoms with E-state index in [2.05, 4.69) is 0 Å². The van der Waals surface area contributed by atoms with E-state index in [4.69, 9.17) is 9.84 Å². The fourth-order valence-corrected chi connectivity index (χ4v) is 4.88. The van der Waals surface area contributed by atoms with E-state index in [-0.39, 0.29) is 11.5 Å². The minimum Gasteiger partial charge on any atom is -0.465 e. The predicted molar refractivity (Wildman–Crippen MR) is 147 cm³/mol. The molecule has 1 aromatic heterocycles. The molecule has 38 heavy (non-hydrogen) atoms. The molecule has 0 saturated heterocycles. The Bertz CT molecular complexity index is 1630. The van der Waals surface area contributed by atoms with Crippen LogP contribution in [0.4, 0.5) is 4.79 Å². The number of carbonyl (C=O) groups is 2. The number of hydrogen-bond acceptors (Lipinski definition) is 4. The number of rotatable bonds is 5. The third-order valence-electron chi connectivity index (χ3n) is 7.10. The highest BCUT2D eigenvalue weighted by molar-refractivity contribution is 5.93. The maximum Gasteiger partial charge on any atom is 0.407 e. The van der Waals surface area contributed by atoms with Crippen molar-refractivity contribution in [1.29, 1.82) is 0 Å². The summed E-state index contributed by atoms with van der Waals surface area (Å²) >= 11 is 0. The van der Waals surface area contributed by atoms with Gasteiger partial charge in [0, 0.05) is 24.7 Å². The monoisotopic (exact) mass is 508 g/mol. The summed E-state index contributed by atoms with van der Waals surface area (Å²) < 4.78 is 6.56. The summed E-state index contributed by atoms with van der Waals surface area (Å²) in [5, 5.41) is 10.6. The molecule has 192 valence electrons. The lowest BCUT2D eigenvalue weighted by molar-refractivity contribution is 0.0600. The van der Waals surface area contributed by atoms with Crippen molar-refractivity contribution in [1.82, 2.24) is 9.47 Å². The lowest BCUT2D eigenvalue weighted by Gasteiger charge is -2.23. The van der Waals surface area contributed by atoms with Crippen LogP contribution in [-0.4, -0.2) is 46.8 Å². The van der Waals surface area contributed by atoms with Gasteiger partial charge in [-0.2, -0.15) is 0 Å². The van der Waals surface area contributed by atoms with Gasteiger partial charge in [-0.15, -0.1) is 0 Å². The Morgan fingerprint density at radius 2 is 1.74 bits per heavy atom. The van der Waals surface area contributed by atoms with E-state index in [0.29, 0.717) is 37.0 Å². The Labute approximate surface area is 220 Å². The lowest BCUT2D eigenvalue weighted by Crippen LogP contribution is -2.33. The van der Waals surface area contributed by atoms with E-state index in [1.807, 2.05) is 79.9 Å². The van der Waals surface area contributed by atoms with Crippen LogP contribution in [0, 0.1) is 6.92 Å². The van der Waals surface area contributed by atoms with Crippen LogP contribution in [0.5, 0.6) is 0 Å². The van der Waals surface area contributed by atoms with Crippen LogP contribution in [0.25, 0.3) is 27.5 Å². The standard InChI is InChI=1S/C31H28N2O5/c1-20-3-6-26(30(35)38-2)18-28(20)24-9-10-27-25(17-24)13-16-33(29(27)34)19-21-4-7-22(8-5-21)23-11-14-32(15-12-23)31(36)37/h3-11,13,16-18H,12,14-15,19H2,1-2H3,(H,36,37). The number of carbonyl (C=O) groups excluding carboxylic acids is 1. The zero-order valence-electron chi connectivity index (χ0n) is 21.3. The van der Waals surface area contributed by atoms with E-state index in [9.17, 15) is 14.4 Å². The van der Waals surface area contributed by atoms with Crippen LogP contribution in [0.1, 0.15) is 33.5 Å². The van der Waals surface area contributed by atoms with Crippen molar-refractivity contribution < 1.29 is 19.4 Å². The zero-order chi connectivity index (χ0) is 26.8. The van der Waals surface area contributed by atoms with Crippen LogP contribution in [0.3, 0.4) is 0 Å². The molecule has 0 saturated carbocycles. The topological polar surface area (TPSA) is 88.8 Å². The summed E-state index contributed by atoms with van der Waals surface area (Å²) in [5.41, 5.74) is 6.50. The fraction of sp³-hybridized carbons (Fsp3) is 0.194. The van der Waals surface area contributed by atoms with Gasteiger partial charge < -0.3 is 19.3 Å². The molecule has 7 nitrogen and oxygen atoms in total. The molecule has 0 fully saturated rings. The number of carboxylic acid groups (broad SMARTS) is 1. The molecule has 3 aromatic carbocycles. The molecule has 5 rings (SSSR count). The molecular formula is C31H28N2O5. The van der Waals surface area contributed by atoms with Gasteiger partial charge in [0.15, 0.2) is 0 Å². The van der Waals surface area contributed by atoms with E-state index < -0.39 is 6.09 Å². The first-order chi connectivity index (χ1) is 18.3. The normalized spacial score (nSPS) is 13.3. The first-order valence-electron chi connectivity index (χ1n) is 12.4. The maximum absolute atomic E-state index is 13.3. The maximum atomic E-state index is 13.3. The Morgan fingerprint density at radius 3 is 2.42 bits per heavy atom. The second-order valence-electron chi connectivity index (χ2n) is 9.48. The first-order valence-corrected chi connectivity index (χ1v) is 12.4. The number of nitrogens with zero attached hydrogens (tertiary/aromatic N) is 2. The summed E-state index contributed by atoms with van der Waals surface area (Å²) in [6, 6.07) is 21.2. The molecule has 1 N–H and O–H groups in total. The highest BCUT2D eigenvalue weighted by Crippen LogP contribution is 2.28. The third kappa shape index (κ3) is 4.95. The van der Waals surface area contributed by atoms with Gasteiger partial charge in [0.2, 0.25) is 0 Å². The number of amides is 1. The Morgan fingerprint density at radius 1 is 0.974 bits per heavy atom. The SMILES string of the molecule is COC(=O)c1ccc(C)c(-c2ccc3c(=O)n(Cc4ccc(C5=CCN(C(=O)O)CC5)cc4)ccc3c2)c1. The number of aromatic nitrogens is 1. The highest BCUT2D eigenvalue weighted by atomic mass is 16.5. The molecule has 0 atom stereocenters. The predicted octanol–water partition coefficient (Wildman–Crippen LogP) is 5.58. The number of pyridine rings is 1. The Hall–Kier alpha value is -4.65.